The second-order valence-electron chi connectivity index (χ2n) is 3.75. The van der Waals surface area contributed by atoms with Crippen LogP contribution in [0.25, 0.3) is 22.5 Å². The summed E-state index contributed by atoms with van der Waals surface area (Å²) < 4.78 is 7.34. The van der Waals surface area contributed by atoms with Crippen molar-refractivity contribution >= 4 is 49.0 Å². The van der Waals surface area contributed by atoms with Crippen molar-refractivity contribution < 1.29 is 4.52 Å². The molecule has 0 saturated heterocycles. The number of nitrogens with zero attached hydrogens (tertiary/aromatic N) is 2. The number of nitrogen functional groups attached to an aromatic ring is 1. The van der Waals surface area contributed by atoms with Gasteiger partial charge in [-0.1, -0.05) is 11.2 Å². The van der Waals surface area contributed by atoms with Crippen LogP contribution in [0.5, 0.6) is 0 Å². The zero-order chi connectivity index (χ0) is 13.4. The summed E-state index contributed by atoms with van der Waals surface area (Å²) in [5.74, 6) is 0.997. The van der Waals surface area contributed by atoms with Gasteiger partial charge in [0.1, 0.15) is 0 Å². The van der Waals surface area contributed by atoms with Crippen molar-refractivity contribution in [3.8, 4) is 22.5 Å². The molecule has 0 atom stereocenters. The van der Waals surface area contributed by atoms with Gasteiger partial charge >= 0.3 is 0 Å². The van der Waals surface area contributed by atoms with Gasteiger partial charge in [0.2, 0.25) is 0 Å². The third-order valence-electron chi connectivity index (χ3n) is 2.57. The lowest BCUT2D eigenvalue weighted by molar-refractivity contribution is 0.436. The molecule has 0 aliphatic carbocycles. The van der Waals surface area contributed by atoms with Gasteiger partial charge in [-0.2, -0.15) is 0 Å². The van der Waals surface area contributed by atoms with Crippen LogP contribution < -0.4 is 5.73 Å². The van der Waals surface area contributed by atoms with Gasteiger partial charge in [0.05, 0.1) is 13.1 Å². The number of nitrogens with two attached hydrogens (primary N) is 1. The highest BCUT2D eigenvalue weighted by Crippen LogP contribution is 2.44. The van der Waals surface area contributed by atoms with Crippen LogP contribution in [0, 0.1) is 0 Å². The summed E-state index contributed by atoms with van der Waals surface area (Å²) >= 11 is 8.53. The van der Waals surface area contributed by atoms with Crippen LogP contribution in [0.1, 0.15) is 0 Å². The molecule has 7 heteroatoms. The smallest absolute Gasteiger partial charge is 0.179 e. The van der Waals surface area contributed by atoms with E-state index in [4.69, 9.17) is 10.3 Å². The molecule has 3 aromatic rings. The van der Waals surface area contributed by atoms with Crippen molar-refractivity contribution in [1.82, 2.24) is 10.1 Å². The Bertz CT molecular complexity index is 724. The molecule has 0 radical (unpaired) electrons. The summed E-state index contributed by atoms with van der Waals surface area (Å²) in [5, 5.41) is 3.86. The number of pyridine rings is 1. The van der Waals surface area contributed by atoms with Crippen molar-refractivity contribution in [1.29, 1.82) is 0 Å². The zero-order valence-electron chi connectivity index (χ0n) is 9.43. The minimum absolute atomic E-state index is 0.359. The maximum absolute atomic E-state index is 5.91. The summed E-state index contributed by atoms with van der Waals surface area (Å²) in [6.45, 7) is 0. The molecule has 0 amide bonds. The number of halogens is 2. The molecule has 0 unspecified atom stereocenters. The summed E-state index contributed by atoms with van der Waals surface area (Å²) in [6.07, 6.45) is 3.45. The van der Waals surface area contributed by atoms with E-state index in [0.29, 0.717) is 11.6 Å². The Hall–Kier alpha value is -1.18. The van der Waals surface area contributed by atoms with Gasteiger partial charge in [0, 0.05) is 23.5 Å². The SMILES string of the molecule is Nc1noc(-c2cc(Br)sc2Br)c1-c1cccnc1. The van der Waals surface area contributed by atoms with Crippen molar-refractivity contribution in [2.24, 2.45) is 0 Å². The average molecular weight is 401 g/mol. The highest BCUT2D eigenvalue weighted by Gasteiger charge is 2.21. The van der Waals surface area contributed by atoms with E-state index in [1.807, 2.05) is 18.2 Å². The molecular weight excluding hydrogens is 394 g/mol. The van der Waals surface area contributed by atoms with Crippen molar-refractivity contribution in [3.63, 3.8) is 0 Å². The molecule has 0 aromatic carbocycles. The molecule has 0 aliphatic rings. The number of aromatic nitrogens is 2. The first-order valence-electron chi connectivity index (χ1n) is 5.27. The fraction of sp³-hybridized carbons (Fsp3) is 0. The third kappa shape index (κ3) is 2.33. The number of hydrogen-bond acceptors (Lipinski definition) is 5. The van der Waals surface area contributed by atoms with Gasteiger partial charge in [0.15, 0.2) is 11.6 Å². The zero-order valence-corrected chi connectivity index (χ0v) is 13.4. The number of anilines is 1. The van der Waals surface area contributed by atoms with Crippen LogP contribution in [-0.4, -0.2) is 10.1 Å². The first-order chi connectivity index (χ1) is 9.16. The lowest BCUT2D eigenvalue weighted by atomic mass is 10.1. The van der Waals surface area contributed by atoms with E-state index in [1.54, 1.807) is 23.7 Å². The monoisotopic (exact) mass is 399 g/mol. The highest BCUT2D eigenvalue weighted by molar-refractivity contribution is 9.12. The van der Waals surface area contributed by atoms with Gasteiger partial charge < -0.3 is 10.3 Å². The van der Waals surface area contributed by atoms with E-state index in [-0.39, 0.29) is 0 Å². The van der Waals surface area contributed by atoms with E-state index in [2.05, 4.69) is 42.0 Å². The van der Waals surface area contributed by atoms with Gasteiger partial charge in [-0.25, -0.2) is 0 Å². The predicted molar refractivity (Wildman–Crippen MR) is 82.9 cm³/mol. The fourth-order valence-corrected chi connectivity index (χ4v) is 4.56. The highest BCUT2D eigenvalue weighted by atomic mass is 79.9. The molecular formula is C12H7Br2N3OS. The Labute approximate surface area is 129 Å². The molecule has 0 fully saturated rings. The van der Waals surface area contributed by atoms with Crippen molar-refractivity contribution in [2.75, 3.05) is 5.73 Å². The number of rotatable bonds is 2. The molecule has 3 aromatic heterocycles. The minimum Gasteiger partial charge on any atom is -0.380 e. The van der Waals surface area contributed by atoms with Crippen LogP contribution in [0.3, 0.4) is 0 Å². The van der Waals surface area contributed by atoms with Crippen molar-refractivity contribution in [2.45, 2.75) is 0 Å². The number of hydrogen-bond donors (Lipinski definition) is 1. The predicted octanol–water partition coefficient (Wildman–Crippen LogP) is 4.57. The normalized spacial score (nSPS) is 10.8. The van der Waals surface area contributed by atoms with E-state index < -0.39 is 0 Å². The molecule has 3 rings (SSSR count). The average Bonchev–Trinajstić information content (AvgIpc) is 2.93. The molecule has 2 N–H and O–H groups in total. The van der Waals surface area contributed by atoms with Gasteiger partial charge in [-0.05, 0) is 44.0 Å². The maximum Gasteiger partial charge on any atom is 0.179 e. The van der Waals surface area contributed by atoms with E-state index in [9.17, 15) is 0 Å². The Morgan fingerprint density at radius 3 is 2.79 bits per heavy atom. The molecule has 0 aliphatic heterocycles. The van der Waals surface area contributed by atoms with Crippen molar-refractivity contribution in [3.05, 3.63) is 38.2 Å². The molecule has 3 heterocycles. The Balaban J connectivity index is 2.22. The van der Waals surface area contributed by atoms with Gasteiger partial charge in [-0.3, -0.25) is 4.98 Å². The Morgan fingerprint density at radius 2 is 2.16 bits per heavy atom. The van der Waals surface area contributed by atoms with E-state index in [0.717, 1.165) is 24.3 Å². The van der Waals surface area contributed by atoms with E-state index >= 15 is 0 Å². The topological polar surface area (TPSA) is 64.9 Å². The van der Waals surface area contributed by atoms with Gasteiger partial charge in [-0.15, -0.1) is 11.3 Å². The summed E-state index contributed by atoms with van der Waals surface area (Å²) in [4.78, 5) is 4.10. The van der Waals surface area contributed by atoms with E-state index in [1.165, 1.54) is 0 Å². The summed E-state index contributed by atoms with van der Waals surface area (Å²) in [5.41, 5.74) is 8.47. The van der Waals surface area contributed by atoms with Crippen LogP contribution in [0.15, 0.2) is 42.7 Å². The lowest BCUT2D eigenvalue weighted by Crippen LogP contribution is -1.89. The largest absolute Gasteiger partial charge is 0.380 e. The maximum atomic E-state index is 5.91. The lowest BCUT2D eigenvalue weighted by Gasteiger charge is -2.00. The molecule has 0 spiro atoms. The van der Waals surface area contributed by atoms with Crippen LogP contribution in [-0.2, 0) is 0 Å². The summed E-state index contributed by atoms with van der Waals surface area (Å²) in [7, 11) is 0. The molecule has 96 valence electrons. The molecule has 0 bridgehead atoms. The molecule has 0 saturated carbocycles. The first-order valence-corrected chi connectivity index (χ1v) is 7.68. The summed E-state index contributed by atoms with van der Waals surface area (Å²) in [6, 6.07) is 5.74. The fourth-order valence-electron chi connectivity index (χ4n) is 1.77. The quantitative estimate of drug-likeness (QED) is 0.684. The standard InChI is InChI=1S/C12H7Br2N3OS/c13-8-4-7(11(14)19-8)10-9(12(15)17-18-10)6-2-1-3-16-5-6/h1-5H,(H2,15,17). The van der Waals surface area contributed by atoms with Gasteiger partial charge in [0.25, 0.3) is 0 Å². The minimum atomic E-state index is 0.359. The first kappa shape index (κ1) is 12.8. The van der Waals surface area contributed by atoms with Crippen LogP contribution in [0.2, 0.25) is 0 Å². The van der Waals surface area contributed by atoms with Crippen LogP contribution >= 0.6 is 43.2 Å². The second kappa shape index (κ2) is 5.07. The Kier molecular flexibility index (Phi) is 3.42. The third-order valence-corrected chi connectivity index (χ3v) is 4.91. The molecule has 4 nitrogen and oxygen atoms in total. The second-order valence-corrected chi connectivity index (χ2v) is 7.50. The Morgan fingerprint density at radius 1 is 1.32 bits per heavy atom. The van der Waals surface area contributed by atoms with Crippen LogP contribution in [0.4, 0.5) is 5.82 Å². The number of thiophene rings is 1. The molecule has 19 heavy (non-hydrogen) atoms.